The van der Waals surface area contributed by atoms with E-state index >= 15 is 0 Å². The van der Waals surface area contributed by atoms with Crippen molar-refractivity contribution in [3.05, 3.63) is 153 Å². The molecule has 0 nitrogen and oxygen atoms in total. The van der Waals surface area contributed by atoms with Gasteiger partial charge in [-0.05, 0) is 0 Å². The second-order valence-corrected chi connectivity index (χ2v) is 15.7. The van der Waals surface area contributed by atoms with Crippen molar-refractivity contribution in [2.75, 3.05) is 0 Å². The minimum absolute atomic E-state index is 0.0363. The zero-order valence-electron chi connectivity index (χ0n) is 26.1. The van der Waals surface area contributed by atoms with Crippen LogP contribution < -0.4 is 10.4 Å². The van der Waals surface area contributed by atoms with Gasteiger partial charge in [-0.3, -0.25) is 0 Å². The zero-order chi connectivity index (χ0) is 29.4. The topological polar surface area (TPSA) is 0 Å². The van der Waals surface area contributed by atoms with Gasteiger partial charge >= 0.3 is 265 Å². The Morgan fingerprint density at radius 3 is 2.07 bits per heavy atom. The van der Waals surface area contributed by atoms with Crippen LogP contribution in [0.1, 0.15) is 82.6 Å². The number of aryl methyl sites for hydroxylation is 1. The van der Waals surface area contributed by atoms with Crippen LogP contribution in [0.4, 0.5) is 0 Å². The van der Waals surface area contributed by atoms with Gasteiger partial charge in [-0.2, -0.15) is 0 Å². The number of benzene rings is 3. The Morgan fingerprint density at radius 2 is 1.55 bits per heavy atom. The SMILES string of the molecule is CCc1cc(C(C)C)c2c(c1)=[C]([Zr]=[C](c1ccccc1)c1ccccc1)C1=C(C3=CC=CC3)C(CC)(C(C)C)C=CC=21. The molecule has 211 valence electrons. The van der Waals surface area contributed by atoms with E-state index in [-0.39, 0.29) is 5.41 Å². The van der Waals surface area contributed by atoms with Gasteiger partial charge < -0.3 is 0 Å². The first-order valence-corrected chi connectivity index (χ1v) is 18.3. The quantitative estimate of drug-likeness (QED) is 0.234. The summed E-state index contributed by atoms with van der Waals surface area (Å²) in [5, 5.41) is 3.05. The summed E-state index contributed by atoms with van der Waals surface area (Å²) in [6, 6.07) is 27.5. The third-order valence-corrected chi connectivity index (χ3v) is 13.6. The molecular weight excluding hydrogens is 584 g/mol. The van der Waals surface area contributed by atoms with Gasteiger partial charge in [-0.1, -0.05) is 0 Å². The van der Waals surface area contributed by atoms with E-state index in [9.17, 15) is 0 Å². The monoisotopic (exact) mass is 625 g/mol. The summed E-state index contributed by atoms with van der Waals surface area (Å²) in [6.07, 6.45) is 15.4. The molecule has 1 atom stereocenters. The molecule has 0 amide bonds. The molecule has 0 heterocycles. The van der Waals surface area contributed by atoms with Gasteiger partial charge in [0.1, 0.15) is 0 Å². The average Bonchev–Trinajstić information content (AvgIpc) is 3.66. The van der Waals surface area contributed by atoms with Crippen LogP contribution in [-0.2, 0) is 29.2 Å². The van der Waals surface area contributed by atoms with E-state index in [0.717, 1.165) is 19.3 Å². The molecule has 0 N–H and O–H groups in total. The average molecular weight is 627 g/mol. The number of rotatable bonds is 8. The molecule has 3 aliphatic rings. The molecule has 0 fully saturated rings. The van der Waals surface area contributed by atoms with E-state index in [1.54, 1.807) is 17.6 Å². The summed E-state index contributed by atoms with van der Waals surface area (Å²) < 4.78 is 3.25. The summed E-state index contributed by atoms with van der Waals surface area (Å²) in [4.78, 5) is 0. The second-order valence-electron chi connectivity index (χ2n) is 12.6. The minimum atomic E-state index is -1.30. The molecule has 0 spiro atoms. The number of hydrogen-bond donors (Lipinski definition) is 0. The molecule has 3 aromatic rings. The first-order chi connectivity index (χ1) is 20.4. The van der Waals surface area contributed by atoms with Crippen molar-refractivity contribution in [3.8, 4) is 0 Å². The molecule has 0 aromatic heterocycles. The third-order valence-electron chi connectivity index (χ3n) is 9.66. The summed E-state index contributed by atoms with van der Waals surface area (Å²) >= 11 is -1.30. The van der Waals surface area contributed by atoms with Gasteiger partial charge in [-0.15, -0.1) is 0 Å². The second kappa shape index (κ2) is 12.0. The van der Waals surface area contributed by atoms with Gasteiger partial charge in [0, 0.05) is 0 Å². The number of fused-ring (bicyclic) bond motifs is 2. The molecule has 1 heteroatoms. The van der Waals surface area contributed by atoms with Crippen molar-refractivity contribution in [2.45, 2.75) is 66.7 Å². The Balaban J connectivity index is 1.82. The molecule has 3 aliphatic carbocycles. The van der Waals surface area contributed by atoms with Crippen LogP contribution in [0.15, 0.2) is 120 Å². The molecule has 0 aliphatic heterocycles. The molecule has 0 bridgehead atoms. The predicted molar refractivity (Wildman–Crippen MR) is 178 cm³/mol. The predicted octanol–water partition coefficient (Wildman–Crippen LogP) is 8.80. The zero-order valence-corrected chi connectivity index (χ0v) is 28.5. The van der Waals surface area contributed by atoms with Crippen molar-refractivity contribution in [1.29, 1.82) is 0 Å². The third kappa shape index (κ3) is 4.93. The van der Waals surface area contributed by atoms with E-state index in [1.165, 1.54) is 43.8 Å². The van der Waals surface area contributed by atoms with Crippen LogP contribution in [0.5, 0.6) is 0 Å². The molecule has 0 saturated heterocycles. The van der Waals surface area contributed by atoms with E-state index in [1.807, 2.05) is 0 Å². The molecule has 3 aromatic carbocycles. The Kier molecular flexibility index (Phi) is 8.35. The van der Waals surface area contributed by atoms with Crippen LogP contribution in [0.2, 0.25) is 0 Å². The normalized spacial score (nSPS) is 19.0. The Bertz CT molecular complexity index is 1750. The summed E-state index contributed by atoms with van der Waals surface area (Å²) in [7, 11) is 0. The maximum atomic E-state index is 2.60. The van der Waals surface area contributed by atoms with E-state index < -0.39 is 22.8 Å². The first kappa shape index (κ1) is 29.2. The van der Waals surface area contributed by atoms with E-state index in [4.69, 9.17) is 0 Å². The van der Waals surface area contributed by atoms with Gasteiger partial charge in [0.05, 0.1) is 0 Å². The van der Waals surface area contributed by atoms with E-state index in [2.05, 4.69) is 145 Å². The van der Waals surface area contributed by atoms with Crippen LogP contribution >= 0.6 is 0 Å². The van der Waals surface area contributed by atoms with Crippen molar-refractivity contribution < 1.29 is 22.8 Å². The molecule has 0 radical (unpaired) electrons. The molecule has 1 unspecified atom stereocenters. The van der Waals surface area contributed by atoms with Gasteiger partial charge in [0.2, 0.25) is 0 Å². The fraction of sp³-hybridized carbons (Fsp3) is 0.293. The van der Waals surface area contributed by atoms with Gasteiger partial charge in [0.25, 0.3) is 0 Å². The maximum absolute atomic E-state index is 2.60. The Morgan fingerprint density at radius 1 is 0.881 bits per heavy atom. The molecular formula is C41H43Zr. The first-order valence-electron chi connectivity index (χ1n) is 15.9. The van der Waals surface area contributed by atoms with Crippen LogP contribution in [0.25, 0.3) is 8.85 Å². The van der Waals surface area contributed by atoms with Crippen molar-refractivity contribution in [2.24, 2.45) is 11.3 Å². The fourth-order valence-corrected chi connectivity index (χ4v) is 11.2. The fourth-order valence-electron chi connectivity index (χ4n) is 7.30. The molecule has 42 heavy (non-hydrogen) atoms. The summed E-state index contributed by atoms with van der Waals surface area (Å²) in [5.41, 5.74) is 12.0. The van der Waals surface area contributed by atoms with Crippen molar-refractivity contribution in [1.82, 2.24) is 0 Å². The molecule has 0 saturated carbocycles. The molecule has 6 rings (SSSR count). The Hall–Kier alpha value is -2.89. The van der Waals surface area contributed by atoms with E-state index in [0.29, 0.717) is 11.8 Å². The van der Waals surface area contributed by atoms with Crippen molar-refractivity contribution in [3.63, 3.8) is 0 Å². The number of allylic oxidation sites excluding steroid dienone is 8. The van der Waals surface area contributed by atoms with Crippen molar-refractivity contribution >= 4 is 12.1 Å². The van der Waals surface area contributed by atoms with Crippen LogP contribution in [0.3, 0.4) is 0 Å². The van der Waals surface area contributed by atoms with Gasteiger partial charge in [-0.25, -0.2) is 0 Å². The standard InChI is InChI=1S/C28H33.C13H10.Zr/c1-7-20-15-22-17-25-23(26(22)24(16-20)18(3)4)13-14-28(8-2,19(5)6)27(25)21-11-9-10-12-21;1-3-7-12(8-4-1)11-13-9-5-2-6-10-13;/h9-11,13-16,18-19H,7-8,12H2,1-6H3;1-10H;. The summed E-state index contributed by atoms with van der Waals surface area (Å²) in [6.45, 7) is 14.3. The number of hydrogen-bond acceptors (Lipinski definition) is 0. The van der Waals surface area contributed by atoms with Crippen LogP contribution in [0, 0.1) is 11.3 Å². The van der Waals surface area contributed by atoms with Gasteiger partial charge in [0.15, 0.2) is 0 Å². The Labute approximate surface area is 264 Å². The summed E-state index contributed by atoms with van der Waals surface area (Å²) in [5.74, 6) is 0.991. The van der Waals surface area contributed by atoms with Crippen LogP contribution in [-0.4, -0.2) is 3.21 Å².